The van der Waals surface area contributed by atoms with Crippen molar-refractivity contribution in [1.29, 1.82) is 5.26 Å². The van der Waals surface area contributed by atoms with Crippen LogP contribution < -0.4 is 0 Å². The molecule has 1 aromatic heterocycles. The Labute approximate surface area is 104 Å². The zero-order valence-electron chi connectivity index (χ0n) is 7.05. The molecule has 1 heterocycles. The maximum atomic E-state index is 8.65. The summed E-state index contributed by atoms with van der Waals surface area (Å²) in [7, 11) is 0. The highest BCUT2D eigenvalue weighted by Gasteiger charge is 2.08. The maximum absolute atomic E-state index is 8.65. The molecule has 0 N–H and O–H groups in total. The lowest BCUT2D eigenvalue weighted by Gasteiger charge is -2.00. The molecule has 0 amide bonds. The lowest BCUT2D eigenvalue weighted by Crippen LogP contribution is -1.86. The van der Waals surface area contributed by atoms with Gasteiger partial charge in [0.25, 0.3) is 0 Å². The molecule has 0 aliphatic carbocycles. The Morgan fingerprint density at radius 2 is 2.29 bits per heavy atom. The minimum atomic E-state index is 0.462. The summed E-state index contributed by atoms with van der Waals surface area (Å²) < 4.78 is 2.34. The van der Waals surface area contributed by atoms with Crippen LogP contribution in [0.1, 0.15) is 5.56 Å². The van der Waals surface area contributed by atoms with Gasteiger partial charge in [0.15, 0.2) is 0 Å². The molecule has 0 aliphatic rings. The number of nitrogens with zero attached hydrogens (tertiary/aromatic N) is 1. The van der Waals surface area contributed by atoms with E-state index < -0.39 is 0 Å². The predicted molar refractivity (Wildman–Crippen MR) is 68.9 cm³/mol. The SMILES string of the molecule is N#CCc1ccc2c(Cl)csc2c1I. The summed E-state index contributed by atoms with van der Waals surface area (Å²) in [6.45, 7) is 0. The van der Waals surface area contributed by atoms with Crippen LogP contribution in [-0.4, -0.2) is 0 Å². The predicted octanol–water partition coefficient (Wildman–Crippen LogP) is 4.23. The molecule has 0 aliphatic heterocycles. The molecule has 14 heavy (non-hydrogen) atoms. The summed E-state index contributed by atoms with van der Waals surface area (Å²) >= 11 is 9.92. The molecule has 70 valence electrons. The van der Waals surface area contributed by atoms with Gasteiger partial charge < -0.3 is 0 Å². The van der Waals surface area contributed by atoms with E-state index in [1.54, 1.807) is 11.3 Å². The lowest BCUT2D eigenvalue weighted by molar-refractivity contribution is 1.26. The number of hydrogen-bond donors (Lipinski definition) is 0. The smallest absolute Gasteiger partial charge is 0.0670 e. The molecule has 0 unspecified atom stereocenters. The normalized spacial score (nSPS) is 10.4. The molecule has 0 spiro atoms. The van der Waals surface area contributed by atoms with Gasteiger partial charge in [-0.25, -0.2) is 0 Å². The van der Waals surface area contributed by atoms with Crippen LogP contribution in [0, 0.1) is 14.9 Å². The third kappa shape index (κ3) is 1.62. The van der Waals surface area contributed by atoms with E-state index in [2.05, 4.69) is 28.7 Å². The number of halogens is 2. The molecule has 0 radical (unpaired) electrons. The molecule has 1 nitrogen and oxygen atoms in total. The van der Waals surface area contributed by atoms with Crippen LogP contribution in [0.2, 0.25) is 5.02 Å². The lowest BCUT2D eigenvalue weighted by atomic mass is 10.1. The number of hydrogen-bond acceptors (Lipinski definition) is 2. The average molecular weight is 334 g/mol. The van der Waals surface area contributed by atoms with E-state index in [-0.39, 0.29) is 0 Å². The van der Waals surface area contributed by atoms with Crippen LogP contribution in [0.3, 0.4) is 0 Å². The van der Waals surface area contributed by atoms with E-state index in [1.165, 1.54) is 4.70 Å². The monoisotopic (exact) mass is 333 g/mol. The van der Waals surface area contributed by atoms with E-state index in [0.717, 1.165) is 19.5 Å². The molecule has 0 fully saturated rings. The van der Waals surface area contributed by atoms with E-state index in [0.29, 0.717) is 6.42 Å². The molecule has 0 saturated carbocycles. The van der Waals surface area contributed by atoms with Crippen LogP contribution in [0.5, 0.6) is 0 Å². The summed E-state index contributed by atoms with van der Waals surface area (Å²) in [4.78, 5) is 0. The summed E-state index contributed by atoms with van der Waals surface area (Å²) in [6.07, 6.45) is 0.462. The van der Waals surface area contributed by atoms with Crippen LogP contribution in [0.25, 0.3) is 10.1 Å². The number of nitriles is 1. The zero-order chi connectivity index (χ0) is 10.1. The molecule has 2 rings (SSSR count). The summed E-state index contributed by atoms with van der Waals surface area (Å²) in [5.41, 5.74) is 1.08. The van der Waals surface area contributed by atoms with Crippen molar-refractivity contribution in [1.82, 2.24) is 0 Å². The fourth-order valence-corrected chi connectivity index (χ4v) is 3.57. The average Bonchev–Trinajstić information content (AvgIpc) is 2.54. The fourth-order valence-electron chi connectivity index (χ4n) is 1.30. The van der Waals surface area contributed by atoms with Gasteiger partial charge in [0, 0.05) is 19.0 Å². The molecule has 0 bridgehead atoms. The Balaban J connectivity index is 2.71. The second-order valence-electron chi connectivity index (χ2n) is 2.83. The molecule has 0 saturated heterocycles. The Bertz CT molecular complexity index is 527. The van der Waals surface area contributed by atoms with Crippen molar-refractivity contribution in [2.75, 3.05) is 0 Å². The Morgan fingerprint density at radius 3 is 3.00 bits per heavy atom. The van der Waals surface area contributed by atoms with Crippen molar-refractivity contribution in [3.63, 3.8) is 0 Å². The topological polar surface area (TPSA) is 23.8 Å². The summed E-state index contributed by atoms with van der Waals surface area (Å²) in [6, 6.07) is 6.13. The highest BCUT2D eigenvalue weighted by Crippen LogP contribution is 2.34. The van der Waals surface area contributed by atoms with E-state index >= 15 is 0 Å². The van der Waals surface area contributed by atoms with Gasteiger partial charge in [0.05, 0.1) is 17.5 Å². The van der Waals surface area contributed by atoms with Crippen molar-refractivity contribution in [2.45, 2.75) is 6.42 Å². The number of benzene rings is 1. The summed E-state index contributed by atoms with van der Waals surface area (Å²) in [5, 5.41) is 12.5. The molecule has 2 aromatic rings. The second-order valence-corrected chi connectivity index (χ2v) is 5.20. The largest absolute Gasteiger partial charge is 0.198 e. The molecule has 4 heteroatoms. The Kier molecular flexibility index (Phi) is 2.96. The first-order chi connectivity index (χ1) is 6.74. The first kappa shape index (κ1) is 10.2. The van der Waals surface area contributed by atoms with Crippen molar-refractivity contribution >= 4 is 55.6 Å². The van der Waals surface area contributed by atoms with Crippen molar-refractivity contribution in [3.05, 3.63) is 31.7 Å². The molecular formula is C10H5ClINS. The zero-order valence-corrected chi connectivity index (χ0v) is 10.8. The fraction of sp³-hybridized carbons (Fsp3) is 0.100. The van der Waals surface area contributed by atoms with Crippen molar-refractivity contribution < 1.29 is 0 Å². The first-order valence-electron chi connectivity index (χ1n) is 3.95. The molecule has 1 aromatic carbocycles. The standard InChI is InChI=1S/C10H5ClINS/c11-8-5-14-10-7(8)2-1-6(3-4-13)9(10)12/h1-2,5H,3H2. The number of rotatable bonds is 1. The van der Waals surface area contributed by atoms with Gasteiger partial charge >= 0.3 is 0 Å². The Hall–Kier alpha value is -0.310. The molecule has 0 atom stereocenters. The van der Waals surface area contributed by atoms with Crippen molar-refractivity contribution in [2.24, 2.45) is 0 Å². The van der Waals surface area contributed by atoms with E-state index in [9.17, 15) is 0 Å². The third-order valence-electron chi connectivity index (χ3n) is 1.98. The Morgan fingerprint density at radius 1 is 1.50 bits per heavy atom. The van der Waals surface area contributed by atoms with Gasteiger partial charge in [-0.15, -0.1) is 11.3 Å². The first-order valence-corrected chi connectivity index (χ1v) is 6.28. The quantitative estimate of drug-likeness (QED) is 0.717. The van der Waals surface area contributed by atoms with Gasteiger partial charge in [0.1, 0.15) is 0 Å². The van der Waals surface area contributed by atoms with Gasteiger partial charge in [-0.2, -0.15) is 5.26 Å². The highest BCUT2D eigenvalue weighted by molar-refractivity contribution is 14.1. The van der Waals surface area contributed by atoms with E-state index in [4.69, 9.17) is 16.9 Å². The van der Waals surface area contributed by atoms with Crippen LogP contribution in [-0.2, 0) is 6.42 Å². The molecular weight excluding hydrogens is 329 g/mol. The third-order valence-corrected chi connectivity index (χ3v) is 5.04. The van der Waals surface area contributed by atoms with Crippen LogP contribution in [0.4, 0.5) is 0 Å². The highest BCUT2D eigenvalue weighted by atomic mass is 127. The number of fused-ring (bicyclic) bond motifs is 1. The van der Waals surface area contributed by atoms with Crippen LogP contribution in [0.15, 0.2) is 17.5 Å². The maximum Gasteiger partial charge on any atom is 0.0670 e. The van der Waals surface area contributed by atoms with E-state index in [1.807, 2.05) is 17.5 Å². The van der Waals surface area contributed by atoms with Gasteiger partial charge in [-0.05, 0) is 28.2 Å². The van der Waals surface area contributed by atoms with Crippen LogP contribution >= 0.6 is 45.5 Å². The van der Waals surface area contributed by atoms with Gasteiger partial charge in [-0.3, -0.25) is 0 Å². The minimum absolute atomic E-state index is 0.462. The van der Waals surface area contributed by atoms with Gasteiger partial charge in [0.2, 0.25) is 0 Å². The number of thiophene rings is 1. The van der Waals surface area contributed by atoms with Gasteiger partial charge in [-0.1, -0.05) is 23.7 Å². The second kappa shape index (κ2) is 4.05. The summed E-state index contributed by atoms with van der Waals surface area (Å²) in [5.74, 6) is 0. The van der Waals surface area contributed by atoms with Crippen molar-refractivity contribution in [3.8, 4) is 6.07 Å². The minimum Gasteiger partial charge on any atom is -0.198 e.